The second kappa shape index (κ2) is 11.3. The molecule has 0 N–H and O–H groups in total. The molecule has 4 aromatic rings. The number of fused-ring (bicyclic) bond motifs is 1. The summed E-state index contributed by atoms with van der Waals surface area (Å²) in [5.74, 6) is 0.296. The molecule has 4 rings (SSSR count). The van der Waals surface area contributed by atoms with Crippen LogP contribution in [0.15, 0.2) is 100 Å². The van der Waals surface area contributed by atoms with Gasteiger partial charge in [-0.2, -0.15) is 4.31 Å². The van der Waals surface area contributed by atoms with Crippen molar-refractivity contribution in [3.05, 3.63) is 97.5 Å². The van der Waals surface area contributed by atoms with Gasteiger partial charge in [0, 0.05) is 23.5 Å². The topological polar surface area (TPSA) is 83.7 Å². The molecule has 0 aliphatic carbocycles. The third-order valence-corrected chi connectivity index (χ3v) is 8.97. The molecule has 0 saturated heterocycles. The summed E-state index contributed by atoms with van der Waals surface area (Å²) in [6, 6.07) is 15.5. The first-order valence-electron chi connectivity index (χ1n) is 11.0. The molecule has 2 aromatic carbocycles. The zero-order chi connectivity index (χ0) is 25.7. The molecule has 36 heavy (non-hydrogen) atoms. The van der Waals surface area contributed by atoms with Crippen LogP contribution in [0.4, 0.5) is 5.13 Å². The van der Waals surface area contributed by atoms with Gasteiger partial charge < -0.3 is 4.42 Å². The molecule has 0 fully saturated rings. The van der Waals surface area contributed by atoms with E-state index in [4.69, 9.17) is 4.42 Å². The molecular weight excluding hydrogens is 515 g/mol. The standard InChI is InChI=1S/C26H25N3O4S3/c1-4-14-28(15-5-2)36(31,32)22-11-8-19(9-12-22)25(30)29(18-20-7-6-16-33-20)26-27-23-13-10-21(34-3)17-24(23)35-26/h4-13,16-17H,1-2,14-15,18H2,3H3. The van der Waals surface area contributed by atoms with E-state index in [0.29, 0.717) is 16.5 Å². The fourth-order valence-corrected chi connectivity index (χ4v) is 6.45. The molecule has 0 atom stereocenters. The van der Waals surface area contributed by atoms with Crippen LogP contribution in [-0.4, -0.2) is 43.0 Å². The number of carbonyl (C=O) groups is 1. The monoisotopic (exact) mass is 539 g/mol. The maximum atomic E-state index is 13.6. The summed E-state index contributed by atoms with van der Waals surface area (Å²) >= 11 is 3.06. The van der Waals surface area contributed by atoms with Crippen LogP contribution in [0.5, 0.6) is 0 Å². The summed E-state index contributed by atoms with van der Waals surface area (Å²) in [4.78, 5) is 21.1. The normalized spacial score (nSPS) is 11.6. The summed E-state index contributed by atoms with van der Waals surface area (Å²) in [6.45, 7) is 7.75. The second-order valence-electron chi connectivity index (χ2n) is 7.72. The number of carbonyl (C=O) groups excluding carboxylic acids is 1. The van der Waals surface area contributed by atoms with Crippen molar-refractivity contribution in [3.63, 3.8) is 0 Å². The lowest BCUT2D eigenvalue weighted by atomic mass is 10.2. The van der Waals surface area contributed by atoms with E-state index >= 15 is 0 Å². The molecule has 0 spiro atoms. The summed E-state index contributed by atoms with van der Waals surface area (Å²) in [5, 5.41) is 0.532. The number of rotatable bonds is 11. The van der Waals surface area contributed by atoms with E-state index in [0.717, 1.165) is 15.1 Å². The van der Waals surface area contributed by atoms with Gasteiger partial charge in [-0.25, -0.2) is 13.4 Å². The van der Waals surface area contributed by atoms with E-state index in [1.54, 1.807) is 35.1 Å². The molecule has 2 aromatic heterocycles. The largest absolute Gasteiger partial charge is 0.467 e. The first-order chi connectivity index (χ1) is 17.4. The Kier molecular flexibility index (Phi) is 8.10. The summed E-state index contributed by atoms with van der Waals surface area (Å²) in [6.07, 6.45) is 6.60. The van der Waals surface area contributed by atoms with Crippen molar-refractivity contribution in [3.8, 4) is 0 Å². The predicted molar refractivity (Wildman–Crippen MR) is 146 cm³/mol. The third-order valence-electron chi connectivity index (χ3n) is 5.36. The number of furan rings is 1. The lowest BCUT2D eigenvalue weighted by Gasteiger charge is -2.20. The first-order valence-corrected chi connectivity index (χ1v) is 14.5. The number of anilines is 1. The molecule has 0 aliphatic rings. The molecule has 2 heterocycles. The molecule has 0 bridgehead atoms. The van der Waals surface area contributed by atoms with Crippen LogP contribution in [0.2, 0.25) is 0 Å². The average Bonchev–Trinajstić information content (AvgIpc) is 3.56. The Hall–Kier alpha value is -3.18. The van der Waals surface area contributed by atoms with Crippen molar-refractivity contribution in [2.45, 2.75) is 16.3 Å². The zero-order valence-electron chi connectivity index (χ0n) is 19.7. The highest BCUT2D eigenvalue weighted by Gasteiger charge is 2.25. The van der Waals surface area contributed by atoms with Gasteiger partial charge in [-0.05, 0) is 60.9 Å². The number of benzene rings is 2. The highest BCUT2D eigenvalue weighted by molar-refractivity contribution is 7.98. The maximum absolute atomic E-state index is 13.6. The fraction of sp³-hybridized carbons (Fsp3) is 0.154. The van der Waals surface area contributed by atoms with Gasteiger partial charge in [0.15, 0.2) is 5.13 Å². The van der Waals surface area contributed by atoms with Crippen LogP contribution in [0.3, 0.4) is 0 Å². The minimum atomic E-state index is -3.77. The molecule has 1 amide bonds. The van der Waals surface area contributed by atoms with Crippen LogP contribution in [-0.2, 0) is 16.6 Å². The minimum Gasteiger partial charge on any atom is -0.467 e. The zero-order valence-corrected chi connectivity index (χ0v) is 22.1. The van der Waals surface area contributed by atoms with Crippen LogP contribution in [0.25, 0.3) is 10.2 Å². The van der Waals surface area contributed by atoms with E-state index < -0.39 is 10.0 Å². The van der Waals surface area contributed by atoms with E-state index in [9.17, 15) is 13.2 Å². The second-order valence-corrected chi connectivity index (χ2v) is 11.6. The van der Waals surface area contributed by atoms with Gasteiger partial charge in [-0.3, -0.25) is 9.69 Å². The lowest BCUT2D eigenvalue weighted by molar-refractivity contribution is 0.0983. The Labute approximate surface area is 218 Å². The molecule has 186 valence electrons. The fourth-order valence-electron chi connectivity index (χ4n) is 3.55. The number of thiazole rings is 1. The number of thioether (sulfide) groups is 1. The summed E-state index contributed by atoms with van der Waals surface area (Å²) in [7, 11) is -3.77. The van der Waals surface area contributed by atoms with Crippen LogP contribution >= 0.6 is 23.1 Å². The van der Waals surface area contributed by atoms with E-state index in [1.807, 2.05) is 18.4 Å². The summed E-state index contributed by atoms with van der Waals surface area (Å²) in [5.41, 5.74) is 1.14. The smallest absolute Gasteiger partial charge is 0.260 e. The van der Waals surface area contributed by atoms with Gasteiger partial charge in [0.1, 0.15) is 5.76 Å². The van der Waals surface area contributed by atoms with Gasteiger partial charge >= 0.3 is 0 Å². The molecule has 10 heteroatoms. The van der Waals surface area contributed by atoms with Gasteiger partial charge in [0.25, 0.3) is 5.91 Å². The highest BCUT2D eigenvalue weighted by atomic mass is 32.2. The Morgan fingerprint density at radius 1 is 1.11 bits per heavy atom. The maximum Gasteiger partial charge on any atom is 0.260 e. The number of amides is 1. The number of aromatic nitrogens is 1. The molecule has 0 aliphatic heterocycles. The average molecular weight is 540 g/mol. The Bertz CT molecular complexity index is 1470. The highest BCUT2D eigenvalue weighted by Crippen LogP contribution is 2.33. The molecule has 0 saturated carbocycles. The Balaban J connectivity index is 1.67. The number of hydrogen-bond acceptors (Lipinski definition) is 7. The number of sulfonamides is 1. The molecule has 0 radical (unpaired) electrons. The number of hydrogen-bond donors (Lipinski definition) is 0. The van der Waals surface area contributed by atoms with Crippen LogP contribution in [0.1, 0.15) is 16.1 Å². The van der Waals surface area contributed by atoms with Crippen molar-refractivity contribution in [1.29, 1.82) is 0 Å². The quantitative estimate of drug-likeness (QED) is 0.176. The van der Waals surface area contributed by atoms with Crippen molar-refractivity contribution in [2.75, 3.05) is 24.2 Å². The first kappa shape index (κ1) is 25.9. The molecule has 0 unspecified atom stereocenters. The van der Waals surface area contributed by atoms with Crippen molar-refractivity contribution in [1.82, 2.24) is 9.29 Å². The van der Waals surface area contributed by atoms with Gasteiger partial charge in [-0.1, -0.05) is 23.5 Å². The minimum absolute atomic E-state index is 0.0879. The summed E-state index contributed by atoms with van der Waals surface area (Å²) < 4.78 is 33.8. The lowest BCUT2D eigenvalue weighted by Crippen LogP contribution is -2.32. The molecule has 7 nitrogen and oxygen atoms in total. The SMILES string of the molecule is C=CCN(CC=C)S(=O)(=O)c1ccc(C(=O)N(Cc2ccco2)c2nc3ccc(SC)cc3s2)cc1. The van der Waals surface area contributed by atoms with Crippen LogP contribution < -0.4 is 4.90 Å². The van der Waals surface area contributed by atoms with Crippen LogP contribution in [0, 0.1) is 0 Å². The predicted octanol–water partition coefficient (Wildman–Crippen LogP) is 5.82. The van der Waals surface area contributed by atoms with Gasteiger partial charge in [0.2, 0.25) is 10.0 Å². The van der Waals surface area contributed by atoms with E-state index in [2.05, 4.69) is 24.2 Å². The Morgan fingerprint density at radius 3 is 2.44 bits per heavy atom. The van der Waals surface area contributed by atoms with Gasteiger partial charge in [-0.15, -0.1) is 24.9 Å². The van der Waals surface area contributed by atoms with Gasteiger partial charge in [0.05, 0.1) is 27.9 Å². The van der Waals surface area contributed by atoms with Crippen molar-refractivity contribution >= 4 is 54.4 Å². The third kappa shape index (κ3) is 5.46. The number of nitrogens with zero attached hydrogens (tertiary/aromatic N) is 3. The van der Waals surface area contributed by atoms with E-state index in [1.165, 1.54) is 52.1 Å². The van der Waals surface area contributed by atoms with Crippen molar-refractivity contribution in [2.24, 2.45) is 0 Å². The van der Waals surface area contributed by atoms with E-state index in [-0.39, 0.29) is 30.4 Å². The Morgan fingerprint density at radius 2 is 1.83 bits per heavy atom. The van der Waals surface area contributed by atoms with Crippen molar-refractivity contribution < 1.29 is 17.6 Å². The molecular formula is C26H25N3O4S3.